The average Bonchev–Trinajstić information content (AvgIpc) is 3.08. The molecule has 0 amide bonds. The van der Waals surface area contributed by atoms with Crippen LogP contribution in [-0.4, -0.2) is 0 Å². The zero-order valence-corrected chi connectivity index (χ0v) is 11.4. The molecule has 1 N–H and O–H groups in total. The van der Waals surface area contributed by atoms with Gasteiger partial charge >= 0.3 is 0 Å². The number of furan rings is 1. The molecule has 1 atom stereocenters. The van der Waals surface area contributed by atoms with Gasteiger partial charge in [-0.25, -0.2) is 0 Å². The van der Waals surface area contributed by atoms with Crippen LogP contribution in [0.4, 0.5) is 5.69 Å². The highest BCUT2D eigenvalue weighted by Crippen LogP contribution is 2.28. The summed E-state index contributed by atoms with van der Waals surface area (Å²) >= 11 is 0. The van der Waals surface area contributed by atoms with Crippen molar-refractivity contribution in [2.75, 3.05) is 5.32 Å². The second kappa shape index (κ2) is 5.98. The molecule has 2 aromatic carbocycles. The molecule has 3 heteroatoms. The maximum Gasteiger partial charge on any atom is 0.130 e. The molecule has 1 unspecified atom stereocenters. The van der Waals surface area contributed by atoms with Crippen LogP contribution in [0.15, 0.2) is 77.4 Å². The molecule has 0 radical (unpaired) electrons. The highest BCUT2D eigenvalue weighted by molar-refractivity contribution is 5.59. The van der Waals surface area contributed by atoms with E-state index >= 15 is 0 Å². The Labute approximate surface area is 123 Å². The molecule has 0 aliphatic rings. The van der Waals surface area contributed by atoms with Crippen molar-refractivity contribution < 1.29 is 4.42 Å². The van der Waals surface area contributed by atoms with Crippen molar-refractivity contribution in [1.29, 1.82) is 5.26 Å². The Morgan fingerprint density at radius 1 is 0.905 bits per heavy atom. The van der Waals surface area contributed by atoms with Crippen molar-refractivity contribution in [3.05, 3.63) is 89.9 Å². The Hall–Kier alpha value is -2.99. The highest BCUT2D eigenvalue weighted by atomic mass is 16.3. The molecule has 3 aromatic rings. The van der Waals surface area contributed by atoms with Crippen LogP contribution in [-0.2, 0) is 0 Å². The van der Waals surface area contributed by atoms with Gasteiger partial charge in [0.1, 0.15) is 17.9 Å². The lowest BCUT2D eigenvalue weighted by Crippen LogP contribution is -2.12. The Morgan fingerprint density at radius 2 is 1.67 bits per heavy atom. The summed E-state index contributed by atoms with van der Waals surface area (Å²) < 4.78 is 5.55. The van der Waals surface area contributed by atoms with E-state index in [1.165, 1.54) is 0 Å². The molecule has 3 rings (SSSR count). The predicted octanol–water partition coefficient (Wildman–Crippen LogP) is 4.35. The van der Waals surface area contributed by atoms with Gasteiger partial charge in [-0.05, 0) is 29.8 Å². The number of nitriles is 1. The van der Waals surface area contributed by atoms with Crippen molar-refractivity contribution in [2.45, 2.75) is 6.04 Å². The zero-order valence-electron chi connectivity index (χ0n) is 11.4. The standard InChI is InChI=1S/C18H14N2O/c19-13-15-9-4-5-10-16(15)20-18(17-11-6-12-21-17)14-7-2-1-3-8-14/h1-12,18,20H. The lowest BCUT2D eigenvalue weighted by atomic mass is 10.0. The molecule has 0 fully saturated rings. The van der Waals surface area contributed by atoms with E-state index in [1.54, 1.807) is 12.3 Å². The second-order valence-electron chi connectivity index (χ2n) is 4.66. The van der Waals surface area contributed by atoms with Gasteiger partial charge in [0.25, 0.3) is 0 Å². The SMILES string of the molecule is N#Cc1ccccc1NC(c1ccccc1)c1ccco1. The number of hydrogen-bond donors (Lipinski definition) is 1. The van der Waals surface area contributed by atoms with E-state index < -0.39 is 0 Å². The number of nitrogens with zero attached hydrogens (tertiary/aromatic N) is 1. The van der Waals surface area contributed by atoms with Gasteiger partial charge < -0.3 is 9.73 Å². The first-order chi connectivity index (χ1) is 10.4. The van der Waals surface area contributed by atoms with E-state index in [0.717, 1.165) is 17.0 Å². The van der Waals surface area contributed by atoms with E-state index in [1.807, 2.05) is 60.7 Å². The van der Waals surface area contributed by atoms with Crippen LogP contribution in [0.25, 0.3) is 0 Å². The highest BCUT2D eigenvalue weighted by Gasteiger charge is 2.17. The largest absolute Gasteiger partial charge is 0.467 e. The summed E-state index contributed by atoms with van der Waals surface area (Å²) in [4.78, 5) is 0. The van der Waals surface area contributed by atoms with Gasteiger partial charge in [-0.1, -0.05) is 42.5 Å². The molecule has 1 heterocycles. The summed E-state index contributed by atoms with van der Waals surface area (Å²) in [5, 5.41) is 12.6. The molecule has 0 saturated carbocycles. The van der Waals surface area contributed by atoms with Gasteiger partial charge in [0.15, 0.2) is 0 Å². The topological polar surface area (TPSA) is 49.0 Å². The number of hydrogen-bond acceptors (Lipinski definition) is 3. The van der Waals surface area contributed by atoms with Crippen LogP contribution in [0, 0.1) is 11.3 Å². The number of rotatable bonds is 4. The molecule has 0 aliphatic heterocycles. The number of benzene rings is 2. The Bertz CT molecular complexity index is 742. The van der Waals surface area contributed by atoms with Gasteiger partial charge in [0, 0.05) is 0 Å². The molecule has 21 heavy (non-hydrogen) atoms. The monoisotopic (exact) mass is 274 g/mol. The number of nitrogens with one attached hydrogen (secondary N) is 1. The summed E-state index contributed by atoms with van der Waals surface area (Å²) in [5.41, 5.74) is 2.50. The minimum Gasteiger partial charge on any atom is -0.467 e. The molecule has 1 aromatic heterocycles. The lowest BCUT2D eigenvalue weighted by molar-refractivity contribution is 0.499. The fraction of sp³-hybridized carbons (Fsp3) is 0.0556. The van der Waals surface area contributed by atoms with E-state index in [2.05, 4.69) is 11.4 Å². The third-order valence-corrected chi connectivity index (χ3v) is 3.31. The van der Waals surface area contributed by atoms with Gasteiger partial charge in [0.05, 0.1) is 17.5 Å². The minimum atomic E-state index is -0.129. The molecule has 102 valence electrons. The maximum atomic E-state index is 9.22. The summed E-state index contributed by atoms with van der Waals surface area (Å²) in [6.07, 6.45) is 1.66. The molecular weight excluding hydrogens is 260 g/mol. The molecule has 0 saturated heterocycles. The Morgan fingerprint density at radius 3 is 2.38 bits per heavy atom. The molecule has 3 nitrogen and oxygen atoms in total. The summed E-state index contributed by atoms with van der Waals surface area (Å²) in [5.74, 6) is 0.814. The van der Waals surface area contributed by atoms with Crippen LogP contribution < -0.4 is 5.32 Å². The van der Waals surface area contributed by atoms with Crippen molar-refractivity contribution in [1.82, 2.24) is 0 Å². The smallest absolute Gasteiger partial charge is 0.130 e. The fourth-order valence-electron chi connectivity index (χ4n) is 2.28. The van der Waals surface area contributed by atoms with Crippen LogP contribution in [0.3, 0.4) is 0 Å². The van der Waals surface area contributed by atoms with Gasteiger partial charge in [-0.2, -0.15) is 5.26 Å². The van der Waals surface area contributed by atoms with E-state index in [4.69, 9.17) is 4.42 Å². The summed E-state index contributed by atoms with van der Waals surface area (Å²) in [7, 11) is 0. The van der Waals surface area contributed by atoms with Crippen LogP contribution >= 0.6 is 0 Å². The lowest BCUT2D eigenvalue weighted by Gasteiger charge is -2.19. The van der Waals surface area contributed by atoms with E-state index in [9.17, 15) is 5.26 Å². The zero-order chi connectivity index (χ0) is 14.5. The van der Waals surface area contributed by atoms with Crippen molar-refractivity contribution in [3.63, 3.8) is 0 Å². The third kappa shape index (κ3) is 2.80. The molecular formula is C18H14N2O. The maximum absolute atomic E-state index is 9.22. The first-order valence-electron chi connectivity index (χ1n) is 6.72. The second-order valence-corrected chi connectivity index (χ2v) is 4.66. The van der Waals surface area contributed by atoms with Crippen LogP contribution in [0.2, 0.25) is 0 Å². The van der Waals surface area contributed by atoms with Gasteiger partial charge in [-0.15, -0.1) is 0 Å². The molecule has 0 spiro atoms. The molecule has 0 aliphatic carbocycles. The summed E-state index contributed by atoms with van der Waals surface area (Å²) in [6, 6.07) is 23.4. The Balaban J connectivity index is 2.00. The number of anilines is 1. The van der Waals surface area contributed by atoms with Crippen molar-refractivity contribution in [2.24, 2.45) is 0 Å². The van der Waals surface area contributed by atoms with Crippen LogP contribution in [0.1, 0.15) is 22.9 Å². The quantitative estimate of drug-likeness (QED) is 0.769. The Kier molecular flexibility index (Phi) is 3.70. The first kappa shape index (κ1) is 13.0. The number of para-hydroxylation sites is 1. The third-order valence-electron chi connectivity index (χ3n) is 3.31. The first-order valence-corrected chi connectivity index (χ1v) is 6.72. The van der Waals surface area contributed by atoms with Gasteiger partial charge in [0.2, 0.25) is 0 Å². The average molecular weight is 274 g/mol. The summed E-state index contributed by atoms with van der Waals surface area (Å²) in [6.45, 7) is 0. The van der Waals surface area contributed by atoms with Crippen LogP contribution in [0.5, 0.6) is 0 Å². The fourth-order valence-corrected chi connectivity index (χ4v) is 2.28. The van der Waals surface area contributed by atoms with Crippen molar-refractivity contribution >= 4 is 5.69 Å². The normalized spacial score (nSPS) is 11.6. The minimum absolute atomic E-state index is 0.129. The van der Waals surface area contributed by atoms with E-state index in [0.29, 0.717) is 5.56 Å². The molecule has 0 bridgehead atoms. The van der Waals surface area contributed by atoms with Crippen molar-refractivity contribution in [3.8, 4) is 6.07 Å². The predicted molar refractivity (Wildman–Crippen MR) is 81.8 cm³/mol. The van der Waals surface area contributed by atoms with E-state index in [-0.39, 0.29) is 6.04 Å². The van der Waals surface area contributed by atoms with Gasteiger partial charge in [-0.3, -0.25) is 0 Å².